The zero-order valence-electron chi connectivity index (χ0n) is 16.8. The molecule has 160 valence electrons. The average Bonchev–Trinajstić information content (AvgIpc) is 3.32. The van der Waals surface area contributed by atoms with Gasteiger partial charge in [-0.1, -0.05) is 65.8 Å². The van der Waals surface area contributed by atoms with Gasteiger partial charge in [-0.05, 0) is 42.0 Å². The second-order valence-corrected chi connectivity index (χ2v) is 8.50. The van der Waals surface area contributed by atoms with E-state index in [4.69, 9.17) is 20.8 Å². The molecule has 0 bridgehead atoms. The number of halogens is 1. The number of thioether (sulfide) groups is 1. The molecule has 0 radical (unpaired) electrons. The van der Waals surface area contributed by atoms with Gasteiger partial charge in [-0.15, -0.1) is 10.2 Å². The summed E-state index contributed by atoms with van der Waals surface area (Å²) in [7, 11) is 0. The minimum Gasteiger partial charge on any atom is -0.489 e. The second-order valence-electron chi connectivity index (χ2n) is 7.14. The monoisotopic (exact) mass is 463 g/mol. The first kappa shape index (κ1) is 20.6. The van der Waals surface area contributed by atoms with Crippen LogP contribution >= 0.6 is 23.4 Å². The van der Waals surface area contributed by atoms with Crippen LogP contribution in [0.2, 0.25) is 5.02 Å². The Labute approximate surface area is 194 Å². The molecular formula is C24H18ClN3O3S. The summed E-state index contributed by atoms with van der Waals surface area (Å²) in [6.07, 6.45) is 0. The van der Waals surface area contributed by atoms with Gasteiger partial charge in [0.25, 0.3) is 5.22 Å². The van der Waals surface area contributed by atoms with Gasteiger partial charge in [-0.3, -0.25) is 9.69 Å². The summed E-state index contributed by atoms with van der Waals surface area (Å²) in [6, 6.07) is 24.4. The van der Waals surface area contributed by atoms with Crippen molar-refractivity contribution in [1.29, 1.82) is 0 Å². The highest BCUT2D eigenvalue weighted by Gasteiger charge is 2.33. The molecule has 8 heteroatoms. The van der Waals surface area contributed by atoms with Crippen molar-refractivity contribution < 1.29 is 13.9 Å². The minimum atomic E-state index is -0.216. The maximum Gasteiger partial charge on any atom is 0.277 e. The van der Waals surface area contributed by atoms with Crippen molar-refractivity contribution in [3.8, 4) is 17.2 Å². The van der Waals surface area contributed by atoms with E-state index in [1.165, 1.54) is 11.8 Å². The molecule has 1 atom stereocenters. The zero-order chi connectivity index (χ0) is 21.9. The number of hydrogen-bond acceptors (Lipinski definition) is 6. The molecular weight excluding hydrogens is 446 g/mol. The Morgan fingerprint density at radius 1 is 1.00 bits per heavy atom. The van der Waals surface area contributed by atoms with Crippen molar-refractivity contribution in [2.45, 2.75) is 11.3 Å². The molecule has 0 aliphatic carbocycles. The van der Waals surface area contributed by atoms with E-state index in [9.17, 15) is 4.79 Å². The Morgan fingerprint density at radius 2 is 1.75 bits per heavy atom. The highest BCUT2D eigenvalue weighted by Crippen LogP contribution is 2.40. The Hall–Kier alpha value is -3.29. The number of fused-ring (bicyclic) bond motifs is 1. The van der Waals surface area contributed by atoms with Crippen LogP contribution in [0, 0.1) is 0 Å². The van der Waals surface area contributed by atoms with Crippen LogP contribution in [0.3, 0.4) is 0 Å². The molecule has 0 unspecified atom stereocenters. The third-order valence-corrected chi connectivity index (χ3v) is 6.16. The van der Waals surface area contributed by atoms with E-state index in [2.05, 4.69) is 10.2 Å². The number of benzene rings is 3. The smallest absolute Gasteiger partial charge is 0.277 e. The molecule has 3 aromatic carbocycles. The lowest BCUT2D eigenvalue weighted by molar-refractivity contribution is -0.117. The molecule has 0 fully saturated rings. The third-order valence-electron chi connectivity index (χ3n) is 5.10. The Bertz CT molecular complexity index is 1230. The topological polar surface area (TPSA) is 68.5 Å². The summed E-state index contributed by atoms with van der Waals surface area (Å²) >= 11 is 7.15. The van der Waals surface area contributed by atoms with Gasteiger partial charge in [0, 0.05) is 10.6 Å². The summed E-state index contributed by atoms with van der Waals surface area (Å²) in [5.41, 5.74) is 2.54. The molecule has 4 aromatic rings. The van der Waals surface area contributed by atoms with Crippen molar-refractivity contribution in [1.82, 2.24) is 10.2 Å². The molecule has 2 heterocycles. The van der Waals surface area contributed by atoms with E-state index in [0.29, 0.717) is 28.5 Å². The molecule has 0 N–H and O–H groups in total. The van der Waals surface area contributed by atoms with Crippen LogP contribution in [-0.2, 0) is 4.79 Å². The van der Waals surface area contributed by atoms with E-state index >= 15 is 0 Å². The Kier molecular flexibility index (Phi) is 5.83. The summed E-state index contributed by atoms with van der Waals surface area (Å²) in [5, 5.41) is 9.12. The first-order chi connectivity index (χ1) is 15.7. The lowest BCUT2D eigenvalue weighted by Gasteiger charge is -2.37. The molecule has 1 aliphatic rings. The molecule has 1 aliphatic heterocycles. The van der Waals surface area contributed by atoms with Crippen LogP contribution in [0.5, 0.6) is 5.75 Å². The van der Waals surface area contributed by atoms with Gasteiger partial charge >= 0.3 is 0 Å². The zero-order valence-corrected chi connectivity index (χ0v) is 18.4. The van der Waals surface area contributed by atoms with Crippen LogP contribution < -0.4 is 9.64 Å². The highest BCUT2D eigenvalue weighted by molar-refractivity contribution is 7.99. The molecule has 6 nitrogen and oxygen atoms in total. The van der Waals surface area contributed by atoms with E-state index in [-0.39, 0.29) is 17.7 Å². The Morgan fingerprint density at radius 3 is 2.56 bits per heavy atom. The first-order valence-electron chi connectivity index (χ1n) is 10.00. The third kappa shape index (κ3) is 4.22. The fraction of sp³-hybridized carbons (Fsp3) is 0.125. The van der Waals surface area contributed by atoms with E-state index in [1.54, 1.807) is 17.0 Å². The number of para-hydroxylation sites is 2. The van der Waals surface area contributed by atoms with Crippen molar-refractivity contribution >= 4 is 35.0 Å². The number of carbonyl (C=O) groups is 1. The predicted octanol–water partition coefficient (Wildman–Crippen LogP) is 5.65. The van der Waals surface area contributed by atoms with Crippen LogP contribution in [0.15, 0.2) is 88.5 Å². The number of ether oxygens (including phenoxy) is 1. The van der Waals surface area contributed by atoms with Crippen molar-refractivity contribution in [3.63, 3.8) is 0 Å². The van der Waals surface area contributed by atoms with Crippen molar-refractivity contribution in [2.75, 3.05) is 17.3 Å². The summed E-state index contributed by atoms with van der Waals surface area (Å²) in [6.45, 7) is 0.388. The summed E-state index contributed by atoms with van der Waals surface area (Å²) in [5.74, 6) is 1.17. The van der Waals surface area contributed by atoms with E-state index in [1.807, 2.05) is 66.7 Å². The molecule has 0 saturated carbocycles. The van der Waals surface area contributed by atoms with Gasteiger partial charge in [0.2, 0.25) is 11.8 Å². The minimum absolute atomic E-state index is 0.0640. The van der Waals surface area contributed by atoms with Gasteiger partial charge in [-0.25, -0.2) is 0 Å². The van der Waals surface area contributed by atoms with E-state index in [0.717, 1.165) is 16.8 Å². The van der Waals surface area contributed by atoms with Crippen LogP contribution in [0.4, 0.5) is 5.69 Å². The molecule has 1 amide bonds. The largest absolute Gasteiger partial charge is 0.489 e. The number of hydrogen-bond donors (Lipinski definition) is 0. The molecule has 1 aromatic heterocycles. The lowest BCUT2D eigenvalue weighted by Crippen LogP contribution is -2.42. The van der Waals surface area contributed by atoms with Crippen molar-refractivity contribution in [2.24, 2.45) is 0 Å². The van der Waals surface area contributed by atoms with Gasteiger partial charge in [0.05, 0.1) is 17.5 Å². The maximum atomic E-state index is 13.4. The van der Waals surface area contributed by atoms with Gasteiger partial charge in [0.1, 0.15) is 12.4 Å². The second kappa shape index (κ2) is 9.06. The fourth-order valence-corrected chi connectivity index (χ4v) is 4.34. The van der Waals surface area contributed by atoms with E-state index < -0.39 is 0 Å². The maximum absolute atomic E-state index is 13.4. The SMILES string of the molecule is O=C(CSc1nnc(-c2ccc(Cl)cc2)o1)N1c2ccccc2OC[C@H]1c1ccccc1. The number of aromatic nitrogens is 2. The highest BCUT2D eigenvalue weighted by atomic mass is 35.5. The van der Waals surface area contributed by atoms with Crippen LogP contribution in [0.1, 0.15) is 11.6 Å². The average molecular weight is 464 g/mol. The first-order valence-corrected chi connectivity index (χ1v) is 11.4. The normalized spacial score (nSPS) is 15.2. The summed E-state index contributed by atoms with van der Waals surface area (Å²) in [4.78, 5) is 15.2. The number of nitrogens with zero attached hydrogens (tertiary/aromatic N) is 3. The van der Waals surface area contributed by atoms with Gasteiger partial charge in [0.15, 0.2) is 0 Å². The summed E-state index contributed by atoms with van der Waals surface area (Å²) < 4.78 is 11.7. The number of rotatable bonds is 5. The lowest BCUT2D eigenvalue weighted by atomic mass is 10.0. The number of carbonyl (C=O) groups excluding carboxylic acids is 1. The van der Waals surface area contributed by atoms with Crippen LogP contribution in [0.25, 0.3) is 11.5 Å². The molecule has 0 spiro atoms. The quantitative estimate of drug-likeness (QED) is 0.356. The van der Waals surface area contributed by atoms with Gasteiger partial charge < -0.3 is 9.15 Å². The number of anilines is 1. The molecule has 32 heavy (non-hydrogen) atoms. The number of amides is 1. The van der Waals surface area contributed by atoms with Gasteiger partial charge in [-0.2, -0.15) is 0 Å². The molecule has 5 rings (SSSR count). The molecule has 0 saturated heterocycles. The van der Waals surface area contributed by atoms with Crippen molar-refractivity contribution in [3.05, 3.63) is 89.4 Å². The Balaban J connectivity index is 1.36. The standard InChI is InChI=1S/C24H18ClN3O3S/c25-18-12-10-17(11-13-18)23-26-27-24(31-23)32-15-22(29)28-19-8-4-5-9-21(19)30-14-20(28)16-6-2-1-3-7-16/h1-13,20H,14-15H2/t20-/m0/s1. The predicted molar refractivity (Wildman–Crippen MR) is 124 cm³/mol. The van der Waals surface area contributed by atoms with Crippen LogP contribution in [-0.4, -0.2) is 28.5 Å². The fourth-order valence-electron chi connectivity index (χ4n) is 3.59.